The minimum atomic E-state index is 0.321. The Balaban J connectivity index is 1.79. The Bertz CT molecular complexity index is 713. The largest absolute Gasteiger partial charge is 0.508 e. The maximum absolute atomic E-state index is 9.60. The summed E-state index contributed by atoms with van der Waals surface area (Å²) in [5.41, 5.74) is 3.96. The van der Waals surface area contributed by atoms with Gasteiger partial charge in [0.05, 0.1) is 0 Å². The van der Waals surface area contributed by atoms with E-state index in [0.29, 0.717) is 29.3 Å². The van der Waals surface area contributed by atoms with Crippen LogP contribution in [0.1, 0.15) is 56.6 Å². The van der Waals surface area contributed by atoms with Crippen LogP contribution < -0.4 is 0 Å². The molecule has 2 aromatic carbocycles. The average molecular weight is 336 g/mol. The van der Waals surface area contributed by atoms with Gasteiger partial charge < -0.3 is 10.2 Å². The molecule has 2 N–H and O–H groups in total. The molecule has 0 spiro atoms. The third kappa shape index (κ3) is 4.07. The van der Waals surface area contributed by atoms with Gasteiger partial charge in [-0.05, 0) is 78.0 Å². The minimum Gasteiger partial charge on any atom is -0.508 e. The lowest BCUT2D eigenvalue weighted by atomic mass is 9.71. The van der Waals surface area contributed by atoms with Crippen molar-refractivity contribution in [1.29, 1.82) is 0 Å². The lowest BCUT2D eigenvalue weighted by molar-refractivity contribution is 0.300. The number of allylic oxidation sites excluding steroid dienone is 2. The molecular formula is C23H28O2. The van der Waals surface area contributed by atoms with Crippen molar-refractivity contribution < 1.29 is 10.2 Å². The summed E-state index contributed by atoms with van der Waals surface area (Å²) < 4.78 is 0. The average Bonchev–Trinajstić information content (AvgIpc) is 2.64. The molecule has 3 atom stereocenters. The Kier molecular flexibility index (Phi) is 5.47. The van der Waals surface area contributed by atoms with E-state index in [1.807, 2.05) is 24.3 Å². The molecule has 132 valence electrons. The fourth-order valence-electron chi connectivity index (χ4n) is 4.13. The third-order valence-electron chi connectivity index (χ3n) is 5.73. The molecule has 0 heterocycles. The van der Waals surface area contributed by atoms with E-state index in [0.717, 1.165) is 19.3 Å². The number of hydrogen-bond acceptors (Lipinski definition) is 2. The Labute approximate surface area is 150 Å². The maximum Gasteiger partial charge on any atom is 0.115 e. The molecule has 0 saturated carbocycles. The maximum atomic E-state index is 9.60. The highest BCUT2D eigenvalue weighted by atomic mass is 16.3. The zero-order chi connectivity index (χ0) is 17.8. The third-order valence-corrected chi connectivity index (χ3v) is 5.73. The van der Waals surface area contributed by atoms with Gasteiger partial charge in [-0.25, -0.2) is 0 Å². The van der Waals surface area contributed by atoms with Gasteiger partial charge in [-0.3, -0.25) is 0 Å². The summed E-state index contributed by atoms with van der Waals surface area (Å²) in [7, 11) is 0. The number of rotatable bonds is 5. The minimum absolute atomic E-state index is 0.321. The molecule has 0 aromatic heterocycles. The van der Waals surface area contributed by atoms with E-state index in [1.54, 1.807) is 12.1 Å². The molecule has 25 heavy (non-hydrogen) atoms. The van der Waals surface area contributed by atoms with Crippen molar-refractivity contribution in [3.05, 3.63) is 65.7 Å². The summed E-state index contributed by atoms with van der Waals surface area (Å²) in [5.74, 6) is 2.45. The summed E-state index contributed by atoms with van der Waals surface area (Å²) in [6.45, 7) is 4.61. The Morgan fingerprint density at radius 1 is 0.960 bits per heavy atom. The molecule has 0 aliphatic heterocycles. The highest BCUT2D eigenvalue weighted by Gasteiger charge is 2.29. The summed E-state index contributed by atoms with van der Waals surface area (Å²) >= 11 is 0. The first kappa shape index (κ1) is 17.6. The molecule has 0 bridgehead atoms. The highest BCUT2D eigenvalue weighted by Crippen LogP contribution is 2.43. The van der Waals surface area contributed by atoms with Gasteiger partial charge >= 0.3 is 0 Å². The van der Waals surface area contributed by atoms with E-state index >= 15 is 0 Å². The predicted octanol–water partition coefficient (Wildman–Crippen LogP) is 6.11. The quantitative estimate of drug-likeness (QED) is 0.691. The number of aromatic hydroxyl groups is 2. The van der Waals surface area contributed by atoms with Gasteiger partial charge in [0.15, 0.2) is 0 Å². The Morgan fingerprint density at radius 3 is 2.08 bits per heavy atom. The van der Waals surface area contributed by atoms with Crippen LogP contribution >= 0.6 is 0 Å². The number of phenolic OH excluding ortho intramolecular Hbond substituents is 2. The van der Waals surface area contributed by atoms with Crippen LogP contribution in [0.2, 0.25) is 0 Å². The molecule has 2 aromatic rings. The van der Waals surface area contributed by atoms with Crippen LogP contribution in [0.15, 0.2) is 54.6 Å². The van der Waals surface area contributed by atoms with Crippen molar-refractivity contribution in [3.63, 3.8) is 0 Å². The normalized spacial score (nSPS) is 19.9. The van der Waals surface area contributed by atoms with Gasteiger partial charge in [0.2, 0.25) is 0 Å². The SMILES string of the molecule is CCC(C)C(c1ccc(O)cc1)C1CC=C(c2ccc(O)cc2)CC1. The van der Waals surface area contributed by atoms with Gasteiger partial charge in [-0.1, -0.05) is 50.6 Å². The van der Waals surface area contributed by atoms with Crippen LogP contribution in [0.4, 0.5) is 0 Å². The molecule has 1 aliphatic carbocycles. The summed E-state index contributed by atoms with van der Waals surface area (Å²) in [5, 5.41) is 19.1. The molecule has 1 aliphatic rings. The zero-order valence-electron chi connectivity index (χ0n) is 15.2. The second-order valence-corrected chi connectivity index (χ2v) is 7.31. The molecule has 3 rings (SSSR count). The van der Waals surface area contributed by atoms with Gasteiger partial charge in [0, 0.05) is 0 Å². The molecule has 2 nitrogen and oxygen atoms in total. The molecule has 0 fully saturated rings. The molecule has 0 saturated heterocycles. The summed E-state index contributed by atoms with van der Waals surface area (Å²) in [4.78, 5) is 0. The van der Waals surface area contributed by atoms with Crippen molar-refractivity contribution in [2.45, 2.75) is 45.4 Å². The lowest BCUT2D eigenvalue weighted by Crippen LogP contribution is -2.21. The van der Waals surface area contributed by atoms with Crippen molar-refractivity contribution in [2.24, 2.45) is 11.8 Å². The van der Waals surface area contributed by atoms with E-state index in [9.17, 15) is 10.2 Å². The highest BCUT2D eigenvalue weighted by molar-refractivity contribution is 5.66. The van der Waals surface area contributed by atoms with Crippen LogP contribution in [0.5, 0.6) is 11.5 Å². The van der Waals surface area contributed by atoms with Crippen molar-refractivity contribution >= 4 is 5.57 Å². The van der Waals surface area contributed by atoms with Crippen molar-refractivity contribution in [1.82, 2.24) is 0 Å². The van der Waals surface area contributed by atoms with Crippen molar-refractivity contribution in [3.8, 4) is 11.5 Å². The smallest absolute Gasteiger partial charge is 0.115 e. The van der Waals surface area contributed by atoms with Crippen molar-refractivity contribution in [2.75, 3.05) is 0 Å². The topological polar surface area (TPSA) is 40.5 Å². The number of benzene rings is 2. The Morgan fingerprint density at radius 2 is 1.56 bits per heavy atom. The molecular weight excluding hydrogens is 308 g/mol. The zero-order valence-corrected chi connectivity index (χ0v) is 15.2. The monoisotopic (exact) mass is 336 g/mol. The van der Waals surface area contributed by atoms with Crippen LogP contribution in [0.3, 0.4) is 0 Å². The fraction of sp³-hybridized carbons (Fsp3) is 0.391. The second kappa shape index (κ2) is 7.77. The van der Waals surface area contributed by atoms with Crippen LogP contribution in [-0.4, -0.2) is 10.2 Å². The van der Waals surface area contributed by atoms with E-state index in [1.165, 1.54) is 23.1 Å². The lowest BCUT2D eigenvalue weighted by Gasteiger charge is -2.34. The van der Waals surface area contributed by atoms with Gasteiger partial charge in [0.25, 0.3) is 0 Å². The number of phenols is 2. The first-order valence-electron chi connectivity index (χ1n) is 9.35. The van der Waals surface area contributed by atoms with Crippen LogP contribution in [0, 0.1) is 11.8 Å². The fourth-order valence-corrected chi connectivity index (χ4v) is 4.13. The van der Waals surface area contributed by atoms with Gasteiger partial charge in [-0.15, -0.1) is 0 Å². The number of hydrogen-bond donors (Lipinski definition) is 2. The van der Waals surface area contributed by atoms with E-state index < -0.39 is 0 Å². The Hall–Kier alpha value is -2.22. The van der Waals surface area contributed by atoms with E-state index in [4.69, 9.17) is 0 Å². The molecule has 3 unspecified atom stereocenters. The van der Waals surface area contributed by atoms with Crippen LogP contribution in [0.25, 0.3) is 5.57 Å². The molecule has 2 heteroatoms. The predicted molar refractivity (Wildman–Crippen MR) is 104 cm³/mol. The van der Waals surface area contributed by atoms with Gasteiger partial charge in [-0.2, -0.15) is 0 Å². The van der Waals surface area contributed by atoms with E-state index in [-0.39, 0.29) is 0 Å². The summed E-state index contributed by atoms with van der Waals surface area (Å²) in [6.07, 6.45) is 6.90. The second-order valence-electron chi connectivity index (χ2n) is 7.31. The van der Waals surface area contributed by atoms with E-state index in [2.05, 4.69) is 32.1 Å². The van der Waals surface area contributed by atoms with Gasteiger partial charge in [0.1, 0.15) is 11.5 Å². The first-order valence-corrected chi connectivity index (χ1v) is 9.35. The molecule has 0 amide bonds. The molecule has 0 radical (unpaired) electrons. The summed E-state index contributed by atoms with van der Waals surface area (Å²) in [6, 6.07) is 15.3. The first-order chi connectivity index (χ1) is 12.1. The standard InChI is InChI=1S/C23H28O2/c1-3-16(2)23(20-10-14-22(25)15-11-20)19-6-4-17(5-7-19)18-8-12-21(24)13-9-18/h4,8-16,19,23-25H,3,5-7H2,1-2H3. The van der Waals surface area contributed by atoms with Crippen LogP contribution in [-0.2, 0) is 0 Å².